The maximum absolute atomic E-state index is 13.7. The van der Waals surface area contributed by atoms with Gasteiger partial charge in [-0.2, -0.15) is 0 Å². The van der Waals surface area contributed by atoms with Crippen molar-refractivity contribution < 1.29 is 9.18 Å². The van der Waals surface area contributed by atoms with Crippen molar-refractivity contribution in [2.75, 3.05) is 0 Å². The third-order valence-electron chi connectivity index (χ3n) is 3.92. The van der Waals surface area contributed by atoms with Crippen LogP contribution in [0.4, 0.5) is 4.39 Å². The number of ketones is 1. The molecule has 21 heavy (non-hydrogen) atoms. The number of aromatic nitrogens is 2. The van der Waals surface area contributed by atoms with Crippen LogP contribution in [0.25, 0.3) is 0 Å². The number of Topliss-reactive ketones (excluding diaryl/α,β-unsaturated/α-hetero) is 1. The first kappa shape index (κ1) is 14.6. The Morgan fingerprint density at radius 2 is 2.24 bits per heavy atom. The van der Waals surface area contributed by atoms with E-state index >= 15 is 0 Å². The van der Waals surface area contributed by atoms with Gasteiger partial charge in [0, 0.05) is 22.9 Å². The highest BCUT2D eigenvalue weighted by atomic mass is 35.5. The molecule has 6 heteroatoms. The molecule has 1 aromatic heterocycles. The van der Waals surface area contributed by atoms with Crippen molar-refractivity contribution in [3.8, 4) is 0 Å². The molecule has 110 valence electrons. The zero-order valence-corrected chi connectivity index (χ0v) is 12.9. The molecule has 1 fully saturated rings. The molecule has 1 heterocycles. The smallest absolute Gasteiger partial charge is 0.176 e. The Labute approximate surface area is 131 Å². The van der Waals surface area contributed by atoms with E-state index < -0.39 is 0 Å². The second-order valence-electron chi connectivity index (χ2n) is 5.24. The summed E-state index contributed by atoms with van der Waals surface area (Å²) in [5.74, 6) is -0.0112. The lowest BCUT2D eigenvalue weighted by molar-refractivity contribution is 0.0984. The highest BCUT2D eigenvalue weighted by Gasteiger charge is 2.28. The Morgan fingerprint density at radius 3 is 2.90 bits per heavy atom. The summed E-state index contributed by atoms with van der Waals surface area (Å²) in [6, 6.07) is 4.56. The number of carbonyl (C=O) groups excluding carboxylic acids is 1. The average Bonchev–Trinajstić information content (AvgIpc) is 2.85. The Balaban J connectivity index is 1.71. The van der Waals surface area contributed by atoms with Crippen LogP contribution in [-0.4, -0.2) is 15.4 Å². The maximum Gasteiger partial charge on any atom is 0.176 e. The zero-order valence-electron chi connectivity index (χ0n) is 11.3. The molecule has 1 saturated carbocycles. The SMILES string of the molecule is O=C(CCc1c(F)cccc1Cl)c1snnc1C1CCC1. The van der Waals surface area contributed by atoms with E-state index in [9.17, 15) is 9.18 Å². The molecule has 0 atom stereocenters. The van der Waals surface area contributed by atoms with Crippen LogP contribution in [0.3, 0.4) is 0 Å². The van der Waals surface area contributed by atoms with Gasteiger partial charge in [-0.1, -0.05) is 28.6 Å². The van der Waals surface area contributed by atoms with Crippen LogP contribution in [0.1, 0.15) is 52.5 Å². The normalized spacial score (nSPS) is 15.0. The number of nitrogens with zero attached hydrogens (tertiary/aromatic N) is 2. The monoisotopic (exact) mass is 324 g/mol. The summed E-state index contributed by atoms with van der Waals surface area (Å²) in [6.07, 6.45) is 3.85. The van der Waals surface area contributed by atoms with Crippen LogP contribution < -0.4 is 0 Å². The van der Waals surface area contributed by atoms with E-state index in [1.54, 1.807) is 12.1 Å². The van der Waals surface area contributed by atoms with E-state index in [0.717, 1.165) is 30.1 Å². The average molecular weight is 325 g/mol. The molecule has 0 N–H and O–H groups in total. The maximum atomic E-state index is 13.7. The van der Waals surface area contributed by atoms with Gasteiger partial charge < -0.3 is 0 Å². The van der Waals surface area contributed by atoms with Crippen molar-refractivity contribution in [3.05, 3.63) is 45.2 Å². The van der Waals surface area contributed by atoms with E-state index in [0.29, 0.717) is 27.8 Å². The highest BCUT2D eigenvalue weighted by molar-refractivity contribution is 7.08. The standard InChI is InChI=1S/C15H14ClFN2OS/c16-11-5-2-6-12(17)10(11)7-8-13(20)15-14(18-19-21-15)9-3-1-4-9/h2,5-6,9H,1,3-4,7-8H2. The molecule has 1 aliphatic rings. The van der Waals surface area contributed by atoms with Gasteiger partial charge in [0.05, 0.1) is 5.69 Å². The predicted octanol–water partition coefficient (Wildman–Crippen LogP) is 4.41. The Kier molecular flexibility index (Phi) is 4.31. The van der Waals surface area contributed by atoms with Crippen molar-refractivity contribution in [1.82, 2.24) is 9.59 Å². The number of carbonyl (C=O) groups is 1. The summed E-state index contributed by atoms with van der Waals surface area (Å²) in [4.78, 5) is 13.0. The van der Waals surface area contributed by atoms with Gasteiger partial charge >= 0.3 is 0 Å². The Hall–Kier alpha value is -1.33. The van der Waals surface area contributed by atoms with Crippen molar-refractivity contribution in [3.63, 3.8) is 0 Å². The third-order valence-corrected chi connectivity index (χ3v) is 5.06. The van der Waals surface area contributed by atoms with Gasteiger partial charge in [-0.25, -0.2) is 4.39 Å². The lowest BCUT2D eigenvalue weighted by atomic mass is 9.82. The van der Waals surface area contributed by atoms with E-state index in [4.69, 9.17) is 11.6 Å². The first-order chi connectivity index (χ1) is 10.2. The topological polar surface area (TPSA) is 42.9 Å². The van der Waals surface area contributed by atoms with Crippen LogP contribution in [0.2, 0.25) is 5.02 Å². The number of hydrogen-bond donors (Lipinski definition) is 0. The van der Waals surface area contributed by atoms with Crippen molar-refractivity contribution in [2.45, 2.75) is 38.0 Å². The molecule has 0 bridgehead atoms. The quantitative estimate of drug-likeness (QED) is 0.765. The van der Waals surface area contributed by atoms with Crippen molar-refractivity contribution >= 4 is 28.9 Å². The summed E-state index contributed by atoms with van der Waals surface area (Å²) in [5.41, 5.74) is 1.23. The summed E-state index contributed by atoms with van der Waals surface area (Å²) in [6.45, 7) is 0. The Bertz CT molecular complexity index is 649. The van der Waals surface area contributed by atoms with Gasteiger partial charge in [0.15, 0.2) is 5.78 Å². The van der Waals surface area contributed by atoms with E-state index in [1.807, 2.05) is 0 Å². The highest BCUT2D eigenvalue weighted by Crippen LogP contribution is 2.38. The van der Waals surface area contributed by atoms with Crippen molar-refractivity contribution in [1.29, 1.82) is 0 Å². The van der Waals surface area contributed by atoms with Gasteiger partial charge in [0.2, 0.25) is 0 Å². The van der Waals surface area contributed by atoms with Gasteiger partial charge in [-0.3, -0.25) is 4.79 Å². The fourth-order valence-electron chi connectivity index (χ4n) is 2.46. The molecule has 3 rings (SSSR count). The molecular formula is C15H14ClFN2OS. The predicted molar refractivity (Wildman–Crippen MR) is 80.6 cm³/mol. The second-order valence-corrected chi connectivity index (χ2v) is 6.40. The summed E-state index contributed by atoms with van der Waals surface area (Å²) in [5, 5.41) is 4.46. The van der Waals surface area contributed by atoms with Crippen LogP contribution in [0, 0.1) is 5.82 Å². The van der Waals surface area contributed by atoms with Crippen LogP contribution in [0.15, 0.2) is 18.2 Å². The number of rotatable bonds is 5. The minimum atomic E-state index is -0.364. The molecule has 1 aliphatic carbocycles. The van der Waals surface area contributed by atoms with Gasteiger partial charge in [0.1, 0.15) is 10.7 Å². The minimum Gasteiger partial charge on any atom is -0.293 e. The van der Waals surface area contributed by atoms with E-state index in [2.05, 4.69) is 9.59 Å². The molecule has 0 spiro atoms. The van der Waals surface area contributed by atoms with E-state index in [1.165, 1.54) is 12.5 Å². The summed E-state index contributed by atoms with van der Waals surface area (Å²) in [7, 11) is 0. The lowest BCUT2D eigenvalue weighted by Crippen LogP contribution is -2.13. The lowest BCUT2D eigenvalue weighted by Gasteiger charge is -2.23. The van der Waals surface area contributed by atoms with Crippen LogP contribution in [-0.2, 0) is 6.42 Å². The molecular weight excluding hydrogens is 311 g/mol. The molecule has 0 saturated heterocycles. The molecule has 0 amide bonds. The molecule has 2 aromatic rings. The van der Waals surface area contributed by atoms with Gasteiger partial charge in [0.25, 0.3) is 0 Å². The molecule has 0 aliphatic heterocycles. The summed E-state index contributed by atoms with van der Waals surface area (Å²) < 4.78 is 17.6. The first-order valence-corrected chi connectivity index (χ1v) is 8.10. The first-order valence-electron chi connectivity index (χ1n) is 6.95. The molecule has 1 aromatic carbocycles. The number of hydrogen-bond acceptors (Lipinski definition) is 4. The van der Waals surface area contributed by atoms with Crippen LogP contribution >= 0.6 is 23.1 Å². The van der Waals surface area contributed by atoms with Crippen molar-refractivity contribution in [2.24, 2.45) is 0 Å². The largest absolute Gasteiger partial charge is 0.293 e. The van der Waals surface area contributed by atoms with Gasteiger partial charge in [-0.15, -0.1) is 5.10 Å². The minimum absolute atomic E-state index is 0.0220. The zero-order chi connectivity index (χ0) is 14.8. The fourth-order valence-corrected chi connectivity index (χ4v) is 3.44. The third kappa shape index (κ3) is 2.99. The fraction of sp³-hybridized carbons (Fsp3) is 0.400. The van der Waals surface area contributed by atoms with Crippen LogP contribution in [0.5, 0.6) is 0 Å². The molecule has 0 unspecified atom stereocenters. The summed E-state index contributed by atoms with van der Waals surface area (Å²) >= 11 is 7.12. The number of halogens is 2. The molecule has 0 radical (unpaired) electrons. The molecule has 3 nitrogen and oxygen atoms in total. The number of benzene rings is 1. The Morgan fingerprint density at radius 1 is 1.43 bits per heavy atom. The van der Waals surface area contributed by atoms with Gasteiger partial charge in [-0.05, 0) is 42.9 Å². The van der Waals surface area contributed by atoms with E-state index in [-0.39, 0.29) is 18.0 Å². The second kappa shape index (κ2) is 6.20.